The van der Waals surface area contributed by atoms with E-state index in [1.165, 1.54) is 27.7 Å². The lowest BCUT2D eigenvalue weighted by atomic mass is 9.91. The molecule has 0 unspecified atom stereocenters. The highest BCUT2D eigenvalue weighted by Crippen LogP contribution is 2.23. The van der Waals surface area contributed by atoms with Crippen LogP contribution in [0.25, 0.3) is 0 Å². The fraction of sp³-hybridized carbons (Fsp3) is 0.192. The van der Waals surface area contributed by atoms with E-state index in [0.29, 0.717) is 47.0 Å². The number of carbonyl (C=O) groups excluding carboxylic acids is 6. The van der Waals surface area contributed by atoms with Crippen LogP contribution >= 0.6 is 0 Å². The van der Waals surface area contributed by atoms with Gasteiger partial charge in [-0.1, -0.05) is 84.9 Å². The Hall–Kier alpha value is -8.30. The van der Waals surface area contributed by atoms with E-state index < -0.39 is 34.5 Å². The molecule has 0 aliphatic carbocycles. The van der Waals surface area contributed by atoms with Gasteiger partial charge in [0.05, 0.1) is 13.3 Å². The summed E-state index contributed by atoms with van der Waals surface area (Å²) in [6, 6.07) is 47.4. The van der Waals surface area contributed by atoms with Gasteiger partial charge in [-0.15, -0.1) is 0 Å². The smallest absolute Gasteiger partial charge is 0.323 e. The SMILES string of the molecule is CC(C)(C(=O)NCNCNC(=O)C(C)(C)C(=O)Nc1ccc(Cc2ccc(NC(=O)Nc3ccccc3)cc2)cc1)C(=O)Nc1ccc(Cc2ccc(NC(=O)Nc3ccccc3)cc2)cc1. The van der Waals surface area contributed by atoms with Crippen molar-refractivity contribution in [2.75, 3.05) is 45.2 Å². The normalized spacial score (nSPS) is 11.0. The van der Waals surface area contributed by atoms with Crippen molar-refractivity contribution in [3.05, 3.63) is 180 Å². The molecule has 0 bridgehead atoms. The van der Waals surface area contributed by atoms with Crippen molar-refractivity contribution in [3.8, 4) is 0 Å². The number of anilines is 6. The average Bonchev–Trinajstić information content (AvgIpc) is 3.31. The fourth-order valence-corrected chi connectivity index (χ4v) is 6.50. The molecule has 0 radical (unpaired) electrons. The van der Waals surface area contributed by atoms with Crippen molar-refractivity contribution >= 4 is 69.8 Å². The molecule has 344 valence electrons. The molecule has 6 rings (SSSR count). The van der Waals surface area contributed by atoms with Gasteiger partial charge < -0.3 is 42.5 Å². The molecule has 15 nitrogen and oxygen atoms in total. The number of hydrogen-bond acceptors (Lipinski definition) is 7. The van der Waals surface area contributed by atoms with E-state index in [-0.39, 0.29) is 25.4 Å². The molecule has 9 N–H and O–H groups in total. The summed E-state index contributed by atoms with van der Waals surface area (Å²) in [6.07, 6.45) is 1.26. The van der Waals surface area contributed by atoms with Gasteiger partial charge in [0.25, 0.3) is 0 Å². The molecule has 0 heterocycles. The van der Waals surface area contributed by atoms with Gasteiger partial charge in [0.15, 0.2) is 0 Å². The second-order valence-electron chi connectivity index (χ2n) is 16.8. The summed E-state index contributed by atoms with van der Waals surface area (Å²) in [5.41, 5.74) is 4.98. The second-order valence-corrected chi connectivity index (χ2v) is 16.8. The van der Waals surface area contributed by atoms with Crippen LogP contribution in [0, 0.1) is 10.8 Å². The largest absolute Gasteiger partial charge is 0.343 e. The third-order valence-corrected chi connectivity index (χ3v) is 10.7. The highest BCUT2D eigenvalue weighted by Gasteiger charge is 2.37. The fourth-order valence-electron chi connectivity index (χ4n) is 6.50. The first-order valence-electron chi connectivity index (χ1n) is 21.7. The Bertz CT molecular complexity index is 2450. The number of para-hydroxylation sites is 2. The van der Waals surface area contributed by atoms with Crippen LogP contribution in [0.2, 0.25) is 0 Å². The maximum atomic E-state index is 13.2. The van der Waals surface area contributed by atoms with Gasteiger partial charge in [0.2, 0.25) is 23.6 Å². The van der Waals surface area contributed by atoms with E-state index in [9.17, 15) is 28.8 Å². The van der Waals surface area contributed by atoms with Crippen molar-refractivity contribution in [2.45, 2.75) is 40.5 Å². The zero-order chi connectivity index (χ0) is 47.8. The maximum absolute atomic E-state index is 13.2. The molecule has 0 atom stereocenters. The summed E-state index contributed by atoms with van der Waals surface area (Å²) in [5, 5.41) is 25.1. The first kappa shape index (κ1) is 48.2. The van der Waals surface area contributed by atoms with Gasteiger partial charge in [-0.25, -0.2) is 9.59 Å². The van der Waals surface area contributed by atoms with Gasteiger partial charge in [-0.2, -0.15) is 0 Å². The summed E-state index contributed by atoms with van der Waals surface area (Å²) >= 11 is 0. The van der Waals surface area contributed by atoms with Crippen molar-refractivity contribution in [3.63, 3.8) is 0 Å². The molecule has 0 aromatic heterocycles. The molecule has 6 aromatic carbocycles. The zero-order valence-electron chi connectivity index (χ0n) is 37.8. The second kappa shape index (κ2) is 22.5. The highest BCUT2D eigenvalue weighted by atomic mass is 16.2. The van der Waals surface area contributed by atoms with Gasteiger partial charge >= 0.3 is 12.1 Å². The van der Waals surface area contributed by atoms with E-state index in [4.69, 9.17) is 0 Å². The highest BCUT2D eigenvalue weighted by molar-refractivity contribution is 6.10. The number of benzene rings is 6. The van der Waals surface area contributed by atoms with Crippen molar-refractivity contribution in [1.29, 1.82) is 0 Å². The number of amides is 8. The van der Waals surface area contributed by atoms with Gasteiger partial charge in [-0.05, 0) is 136 Å². The Morgan fingerprint density at radius 3 is 0.866 bits per heavy atom. The monoisotopic (exact) mass is 901 g/mol. The van der Waals surface area contributed by atoms with Crippen LogP contribution in [0.4, 0.5) is 43.7 Å². The number of carbonyl (C=O) groups is 6. The van der Waals surface area contributed by atoms with Gasteiger partial charge in [0, 0.05) is 34.1 Å². The zero-order valence-corrected chi connectivity index (χ0v) is 37.8. The van der Waals surface area contributed by atoms with Gasteiger partial charge in [-0.3, -0.25) is 24.5 Å². The molecule has 0 aliphatic heterocycles. The first-order valence-corrected chi connectivity index (χ1v) is 21.7. The molecule has 67 heavy (non-hydrogen) atoms. The Morgan fingerprint density at radius 1 is 0.328 bits per heavy atom. The minimum absolute atomic E-state index is 0.0473. The Balaban J connectivity index is 0.863. The first-order chi connectivity index (χ1) is 32.1. The van der Waals surface area contributed by atoms with Crippen LogP contribution in [-0.2, 0) is 32.0 Å². The molecule has 0 saturated carbocycles. The summed E-state index contributed by atoms with van der Waals surface area (Å²) in [6.45, 7) is 5.96. The van der Waals surface area contributed by atoms with Crippen LogP contribution in [0.1, 0.15) is 49.9 Å². The van der Waals surface area contributed by atoms with Crippen LogP contribution < -0.4 is 47.9 Å². The third kappa shape index (κ3) is 14.3. The van der Waals surface area contributed by atoms with Crippen LogP contribution in [0.15, 0.2) is 158 Å². The summed E-state index contributed by atoms with van der Waals surface area (Å²) < 4.78 is 0. The van der Waals surface area contributed by atoms with Crippen LogP contribution in [0.3, 0.4) is 0 Å². The van der Waals surface area contributed by atoms with Crippen molar-refractivity contribution in [2.24, 2.45) is 10.8 Å². The topological polar surface area (TPSA) is 211 Å². The van der Waals surface area contributed by atoms with E-state index >= 15 is 0 Å². The molecule has 15 heteroatoms. The number of rotatable bonds is 18. The molecular formula is C52H55N9O6. The lowest BCUT2D eigenvalue weighted by Gasteiger charge is -2.24. The van der Waals surface area contributed by atoms with E-state index in [1.807, 2.05) is 109 Å². The number of urea groups is 2. The van der Waals surface area contributed by atoms with Gasteiger partial charge in [0.1, 0.15) is 10.8 Å². The molecule has 0 spiro atoms. The Morgan fingerprint density at radius 2 is 0.582 bits per heavy atom. The number of hydrogen-bond donors (Lipinski definition) is 9. The molecule has 8 amide bonds. The predicted octanol–water partition coefficient (Wildman–Crippen LogP) is 8.52. The number of nitrogens with one attached hydrogen (secondary N) is 9. The Kier molecular flexibility index (Phi) is 16.2. The third-order valence-electron chi connectivity index (χ3n) is 10.7. The predicted molar refractivity (Wildman–Crippen MR) is 264 cm³/mol. The minimum Gasteiger partial charge on any atom is -0.343 e. The van der Waals surface area contributed by atoms with E-state index in [0.717, 1.165) is 22.3 Å². The summed E-state index contributed by atoms with van der Waals surface area (Å²) in [5.74, 6) is -2.06. The summed E-state index contributed by atoms with van der Waals surface area (Å²) in [7, 11) is 0. The standard InChI is InChI=1S/C52H55N9O6/c1-51(2,47(64)56-41-23-15-35(16-24-41)31-37-19-27-43(28-20-37)60-49(66)58-39-11-7-5-8-12-39)45(62)54-33-53-34-55-46(63)52(3,4)48(65)57-42-25-17-36(18-26-42)32-38-21-29-44(30-22-38)61-50(67)59-40-13-9-6-10-14-40/h5-30,53H,31-34H2,1-4H3,(H,54,62)(H,55,63)(H,56,64)(H,57,65)(H2,58,60,66)(H2,59,61,67). The quantitative estimate of drug-likeness (QED) is 0.0233. The minimum atomic E-state index is -1.43. The van der Waals surface area contributed by atoms with Crippen molar-refractivity contribution < 1.29 is 28.8 Å². The van der Waals surface area contributed by atoms with Crippen LogP contribution in [-0.4, -0.2) is 49.0 Å². The van der Waals surface area contributed by atoms with E-state index in [2.05, 4.69) is 47.9 Å². The molecule has 0 saturated heterocycles. The molecular weight excluding hydrogens is 847 g/mol. The Labute approximate surface area is 389 Å². The van der Waals surface area contributed by atoms with Crippen molar-refractivity contribution in [1.82, 2.24) is 16.0 Å². The molecule has 6 aromatic rings. The average molecular weight is 902 g/mol. The molecule has 0 aliphatic rings. The molecule has 0 fully saturated rings. The lowest BCUT2D eigenvalue weighted by molar-refractivity contribution is -0.139. The maximum Gasteiger partial charge on any atom is 0.323 e. The lowest BCUT2D eigenvalue weighted by Crippen LogP contribution is -2.51. The van der Waals surface area contributed by atoms with Crippen LogP contribution in [0.5, 0.6) is 0 Å². The summed E-state index contributed by atoms with van der Waals surface area (Å²) in [4.78, 5) is 77.1. The van der Waals surface area contributed by atoms with E-state index in [1.54, 1.807) is 48.5 Å².